The van der Waals surface area contributed by atoms with Crippen molar-refractivity contribution >= 4 is 39.2 Å². The number of nitrogens with zero attached hydrogens (tertiary/aromatic N) is 4. The Morgan fingerprint density at radius 3 is 2.81 bits per heavy atom. The molecule has 3 aromatic rings. The molecule has 0 aliphatic carbocycles. The molecule has 0 radical (unpaired) electrons. The third kappa shape index (κ3) is 4.43. The summed E-state index contributed by atoms with van der Waals surface area (Å²) in [5, 5.41) is 9.08. The highest BCUT2D eigenvalue weighted by Crippen LogP contribution is 2.38. The van der Waals surface area contributed by atoms with Gasteiger partial charge in [0, 0.05) is 18.5 Å². The van der Waals surface area contributed by atoms with Crippen LogP contribution in [0, 0.1) is 17.1 Å². The summed E-state index contributed by atoms with van der Waals surface area (Å²) in [5.74, 6) is -0.318. The molecule has 5 nitrogen and oxygen atoms in total. The molecular formula is C19H17FN4OS2. The number of halogens is 1. The average molecular weight is 401 g/mol. The SMILES string of the molecule is C[C@H](Sc1ncnc2cc(-c3ccc(F)cc3)sc12)C(=O)N(C)CCC#N. The number of rotatable bonds is 6. The second kappa shape index (κ2) is 8.46. The van der Waals surface area contributed by atoms with Gasteiger partial charge in [-0.3, -0.25) is 4.79 Å². The van der Waals surface area contributed by atoms with Crippen LogP contribution in [0.1, 0.15) is 13.3 Å². The van der Waals surface area contributed by atoms with Crippen LogP contribution in [0.2, 0.25) is 0 Å². The molecule has 3 rings (SSSR count). The molecule has 0 saturated carbocycles. The number of fused-ring (bicyclic) bond motifs is 1. The van der Waals surface area contributed by atoms with Crippen molar-refractivity contribution in [2.24, 2.45) is 0 Å². The Bertz CT molecular complexity index is 997. The maximum Gasteiger partial charge on any atom is 0.235 e. The molecule has 0 fully saturated rings. The molecule has 0 N–H and O–H groups in total. The first-order chi connectivity index (χ1) is 13.0. The van der Waals surface area contributed by atoms with Crippen LogP contribution < -0.4 is 0 Å². The molecule has 2 aromatic heterocycles. The van der Waals surface area contributed by atoms with Crippen molar-refractivity contribution in [3.8, 4) is 16.5 Å². The summed E-state index contributed by atoms with van der Waals surface area (Å²) in [6, 6.07) is 10.3. The van der Waals surface area contributed by atoms with Gasteiger partial charge in [-0.05, 0) is 30.7 Å². The van der Waals surface area contributed by atoms with E-state index in [-0.39, 0.29) is 17.0 Å². The van der Waals surface area contributed by atoms with Crippen LogP contribution in [0.5, 0.6) is 0 Å². The summed E-state index contributed by atoms with van der Waals surface area (Å²) >= 11 is 2.90. The average Bonchev–Trinajstić information content (AvgIpc) is 3.11. The van der Waals surface area contributed by atoms with Gasteiger partial charge in [-0.25, -0.2) is 14.4 Å². The zero-order valence-corrected chi connectivity index (χ0v) is 16.5. The molecule has 2 heterocycles. The van der Waals surface area contributed by atoms with E-state index in [1.165, 1.54) is 41.6 Å². The molecule has 1 aromatic carbocycles. The molecule has 0 unspecified atom stereocenters. The molecule has 1 amide bonds. The van der Waals surface area contributed by atoms with Crippen molar-refractivity contribution in [3.05, 3.63) is 42.5 Å². The van der Waals surface area contributed by atoms with Gasteiger partial charge in [0.15, 0.2) is 0 Å². The van der Waals surface area contributed by atoms with Gasteiger partial charge in [0.2, 0.25) is 5.91 Å². The zero-order valence-electron chi connectivity index (χ0n) is 14.8. The Labute approximate surface area is 164 Å². The van der Waals surface area contributed by atoms with Crippen LogP contribution in [0.15, 0.2) is 41.7 Å². The third-order valence-corrected chi connectivity index (χ3v) is 6.38. The minimum absolute atomic E-state index is 0.0441. The Balaban J connectivity index is 1.84. The smallest absolute Gasteiger partial charge is 0.235 e. The standard InChI is InChI=1S/C19H17FN4OS2/c1-12(19(25)24(2)9-3-8-21)26-18-17-15(22-11-23-18)10-16(27-17)13-4-6-14(20)7-5-13/h4-7,10-12H,3,9H2,1-2H3/t12-/m0/s1. The summed E-state index contributed by atoms with van der Waals surface area (Å²) in [6.07, 6.45) is 1.80. The van der Waals surface area contributed by atoms with Crippen molar-refractivity contribution in [1.29, 1.82) is 5.26 Å². The summed E-state index contributed by atoms with van der Waals surface area (Å²) in [5.41, 5.74) is 1.71. The highest BCUT2D eigenvalue weighted by Gasteiger charge is 2.21. The molecule has 0 saturated heterocycles. The molecule has 0 aliphatic heterocycles. The Kier molecular flexibility index (Phi) is 6.04. The highest BCUT2D eigenvalue weighted by atomic mass is 32.2. The number of aromatic nitrogens is 2. The van der Waals surface area contributed by atoms with Crippen LogP contribution in [0.3, 0.4) is 0 Å². The number of hydrogen-bond donors (Lipinski definition) is 0. The molecule has 27 heavy (non-hydrogen) atoms. The minimum atomic E-state index is -0.330. The number of nitriles is 1. The van der Waals surface area contributed by atoms with Gasteiger partial charge in [-0.2, -0.15) is 5.26 Å². The Hall–Kier alpha value is -2.50. The Morgan fingerprint density at radius 1 is 1.37 bits per heavy atom. The lowest BCUT2D eigenvalue weighted by Gasteiger charge is -2.19. The highest BCUT2D eigenvalue weighted by molar-refractivity contribution is 8.00. The number of carbonyl (C=O) groups excluding carboxylic acids is 1. The lowest BCUT2D eigenvalue weighted by atomic mass is 10.2. The van der Waals surface area contributed by atoms with E-state index < -0.39 is 0 Å². The predicted octanol–water partition coefficient (Wildman–Crippen LogP) is 4.35. The first kappa shape index (κ1) is 19.3. The first-order valence-electron chi connectivity index (χ1n) is 8.28. The van der Waals surface area contributed by atoms with E-state index in [1.54, 1.807) is 24.1 Å². The fourth-order valence-corrected chi connectivity index (χ4v) is 4.73. The minimum Gasteiger partial charge on any atom is -0.344 e. The summed E-state index contributed by atoms with van der Waals surface area (Å²) in [6.45, 7) is 2.24. The van der Waals surface area contributed by atoms with E-state index in [0.29, 0.717) is 13.0 Å². The van der Waals surface area contributed by atoms with Crippen LogP contribution in [-0.4, -0.2) is 39.6 Å². The normalized spacial score (nSPS) is 11.9. The van der Waals surface area contributed by atoms with Gasteiger partial charge in [-0.1, -0.05) is 23.9 Å². The van der Waals surface area contributed by atoms with Gasteiger partial charge >= 0.3 is 0 Å². The number of thiophene rings is 1. The van der Waals surface area contributed by atoms with Crippen molar-refractivity contribution < 1.29 is 9.18 Å². The van der Waals surface area contributed by atoms with Crippen molar-refractivity contribution in [1.82, 2.24) is 14.9 Å². The molecular weight excluding hydrogens is 383 g/mol. The van der Waals surface area contributed by atoms with Gasteiger partial charge in [0.25, 0.3) is 0 Å². The molecule has 0 bridgehead atoms. The molecule has 1 atom stereocenters. The number of thioether (sulfide) groups is 1. The predicted molar refractivity (Wildman–Crippen MR) is 106 cm³/mol. The Morgan fingerprint density at radius 2 is 2.11 bits per heavy atom. The lowest BCUT2D eigenvalue weighted by Crippen LogP contribution is -2.33. The topological polar surface area (TPSA) is 69.9 Å². The number of amides is 1. The van der Waals surface area contributed by atoms with E-state index in [4.69, 9.17) is 5.26 Å². The molecule has 138 valence electrons. The van der Waals surface area contributed by atoms with Crippen molar-refractivity contribution in [2.75, 3.05) is 13.6 Å². The lowest BCUT2D eigenvalue weighted by molar-refractivity contribution is -0.128. The monoisotopic (exact) mass is 400 g/mol. The van der Waals surface area contributed by atoms with Gasteiger partial charge in [0.05, 0.1) is 28.0 Å². The van der Waals surface area contributed by atoms with E-state index in [0.717, 1.165) is 25.7 Å². The first-order valence-corrected chi connectivity index (χ1v) is 9.98. The second-order valence-corrected chi connectivity index (χ2v) is 8.32. The van der Waals surface area contributed by atoms with Crippen LogP contribution in [0.4, 0.5) is 4.39 Å². The van der Waals surface area contributed by atoms with Crippen LogP contribution in [0.25, 0.3) is 20.7 Å². The number of carbonyl (C=O) groups is 1. The van der Waals surface area contributed by atoms with E-state index in [9.17, 15) is 9.18 Å². The number of hydrogen-bond acceptors (Lipinski definition) is 6. The zero-order chi connectivity index (χ0) is 19.4. The number of benzene rings is 1. The van der Waals surface area contributed by atoms with Gasteiger partial charge in [0.1, 0.15) is 17.2 Å². The molecule has 0 aliphatic rings. The molecule has 0 spiro atoms. The quantitative estimate of drug-likeness (QED) is 0.454. The summed E-state index contributed by atoms with van der Waals surface area (Å²) in [7, 11) is 1.70. The second-order valence-electron chi connectivity index (χ2n) is 5.94. The maximum atomic E-state index is 13.2. The fourth-order valence-electron chi connectivity index (χ4n) is 2.53. The third-order valence-electron chi connectivity index (χ3n) is 3.98. The largest absolute Gasteiger partial charge is 0.344 e. The fraction of sp³-hybridized carbons (Fsp3) is 0.263. The van der Waals surface area contributed by atoms with E-state index in [1.807, 2.05) is 19.1 Å². The van der Waals surface area contributed by atoms with Crippen molar-refractivity contribution in [2.45, 2.75) is 23.6 Å². The molecule has 8 heteroatoms. The van der Waals surface area contributed by atoms with Gasteiger partial charge < -0.3 is 4.90 Å². The van der Waals surface area contributed by atoms with Crippen molar-refractivity contribution in [3.63, 3.8) is 0 Å². The van der Waals surface area contributed by atoms with E-state index in [2.05, 4.69) is 9.97 Å². The van der Waals surface area contributed by atoms with Gasteiger partial charge in [-0.15, -0.1) is 11.3 Å². The summed E-state index contributed by atoms with van der Waals surface area (Å²) in [4.78, 5) is 23.7. The maximum absolute atomic E-state index is 13.2. The summed E-state index contributed by atoms with van der Waals surface area (Å²) < 4.78 is 14.1. The van der Waals surface area contributed by atoms with Crippen LogP contribution in [-0.2, 0) is 4.79 Å². The van der Waals surface area contributed by atoms with Crippen LogP contribution >= 0.6 is 23.1 Å². The van der Waals surface area contributed by atoms with E-state index >= 15 is 0 Å².